The van der Waals surface area contributed by atoms with Gasteiger partial charge < -0.3 is 25.2 Å². The maximum absolute atomic E-state index is 12.2. The van der Waals surface area contributed by atoms with Gasteiger partial charge in [0.15, 0.2) is 0 Å². The van der Waals surface area contributed by atoms with Gasteiger partial charge in [-0.25, -0.2) is 4.79 Å². The Labute approximate surface area is 157 Å². The third kappa shape index (κ3) is 3.19. The van der Waals surface area contributed by atoms with Crippen molar-refractivity contribution in [3.8, 4) is 5.75 Å². The highest BCUT2D eigenvalue weighted by Gasteiger charge is 2.55. The van der Waals surface area contributed by atoms with Gasteiger partial charge in [-0.3, -0.25) is 4.79 Å². The van der Waals surface area contributed by atoms with Gasteiger partial charge in [-0.05, 0) is 18.6 Å². The van der Waals surface area contributed by atoms with E-state index in [0.717, 1.165) is 0 Å². The van der Waals surface area contributed by atoms with Crippen LogP contribution < -0.4 is 5.32 Å². The monoisotopic (exact) mass is 401 g/mol. The summed E-state index contributed by atoms with van der Waals surface area (Å²) in [6.45, 7) is -0.352. The number of carbonyl (C=O) groups is 2. The van der Waals surface area contributed by atoms with Crippen LogP contribution >= 0.6 is 23.2 Å². The van der Waals surface area contributed by atoms with Crippen molar-refractivity contribution >= 4 is 45.4 Å². The summed E-state index contributed by atoms with van der Waals surface area (Å²) in [5.74, 6) is -0.785. The number of carbonyl (C=O) groups excluding carboxylic acids is 2. The largest absolute Gasteiger partial charge is 0.508 e. The number of phenols is 1. The summed E-state index contributed by atoms with van der Waals surface area (Å²) in [6.07, 6.45) is -0.0731. The predicted molar refractivity (Wildman–Crippen MR) is 91.0 cm³/mol. The molecule has 0 aliphatic carbocycles. The van der Waals surface area contributed by atoms with Gasteiger partial charge in [0.05, 0.1) is 32.9 Å². The van der Waals surface area contributed by atoms with Crippen LogP contribution in [0.1, 0.15) is 17.9 Å². The third-order valence-electron chi connectivity index (χ3n) is 4.55. The standard InChI is InChI=1S/C15H15Cl2N2O5Si/c16-8-1-2-9(21)12(13(8)17)7-3-10-15(25,6-18-11(22)5-20)24-14(23)19(10)4-7/h1-2,7,10,20-21H,3-6H2,(H,18,22)/t7?,10-,15?/m0/s1. The molecular weight excluding hydrogens is 387 g/mol. The SMILES string of the molecule is O=C(CO)NCC1([Si])OC(=O)N2CC(c3c(O)ccc(Cl)c3Cl)C[C@H]21. The minimum absolute atomic E-state index is 0.00182. The molecule has 2 heterocycles. The Morgan fingerprint density at radius 1 is 1.48 bits per heavy atom. The van der Waals surface area contributed by atoms with Gasteiger partial charge >= 0.3 is 6.09 Å². The summed E-state index contributed by atoms with van der Waals surface area (Å²) in [4.78, 5) is 25.0. The highest BCUT2D eigenvalue weighted by molar-refractivity contribution is 6.42. The molecule has 3 radical (unpaired) electrons. The van der Waals surface area contributed by atoms with E-state index in [1.807, 2.05) is 0 Å². The third-order valence-corrected chi connectivity index (χ3v) is 5.98. The first-order chi connectivity index (χ1) is 11.8. The Morgan fingerprint density at radius 2 is 2.20 bits per heavy atom. The lowest BCUT2D eigenvalue weighted by molar-refractivity contribution is -0.124. The number of aliphatic hydroxyl groups excluding tert-OH is 1. The fourth-order valence-corrected chi connectivity index (χ4v) is 4.28. The minimum atomic E-state index is -1.13. The first-order valence-electron chi connectivity index (χ1n) is 7.56. The first kappa shape index (κ1) is 18.3. The minimum Gasteiger partial charge on any atom is -0.508 e. The summed E-state index contributed by atoms with van der Waals surface area (Å²) in [5.41, 5.74) is 0.491. The van der Waals surface area contributed by atoms with Crippen LogP contribution in [-0.4, -0.2) is 68.3 Å². The fraction of sp³-hybridized carbons (Fsp3) is 0.467. The van der Waals surface area contributed by atoms with Crippen molar-refractivity contribution in [2.24, 2.45) is 0 Å². The average molecular weight is 402 g/mol. The number of halogens is 2. The summed E-state index contributed by atoms with van der Waals surface area (Å²) < 4.78 is 5.36. The number of aromatic hydroxyl groups is 1. The molecule has 25 heavy (non-hydrogen) atoms. The molecule has 0 aromatic heterocycles. The molecule has 7 nitrogen and oxygen atoms in total. The molecule has 2 unspecified atom stereocenters. The summed E-state index contributed by atoms with van der Waals surface area (Å²) in [7, 11) is 3.46. The summed E-state index contributed by atoms with van der Waals surface area (Å²) in [6, 6.07) is 2.59. The summed E-state index contributed by atoms with van der Waals surface area (Å²) >= 11 is 12.3. The lowest BCUT2D eigenvalue weighted by Crippen LogP contribution is -2.52. The number of nitrogens with zero attached hydrogens (tertiary/aromatic N) is 1. The molecule has 0 spiro atoms. The van der Waals surface area contributed by atoms with Gasteiger partial charge in [-0.2, -0.15) is 0 Å². The Balaban J connectivity index is 1.84. The molecule has 1 aromatic rings. The lowest BCUT2D eigenvalue weighted by atomic mass is 9.93. The number of rotatable bonds is 4. The zero-order valence-electron chi connectivity index (χ0n) is 13.0. The molecule has 133 valence electrons. The molecule has 3 rings (SSSR count). The molecule has 3 N–H and O–H groups in total. The van der Waals surface area contributed by atoms with Crippen LogP contribution in [0.5, 0.6) is 5.75 Å². The second-order valence-corrected chi connectivity index (χ2v) is 7.72. The van der Waals surface area contributed by atoms with Gasteiger partial charge in [-0.1, -0.05) is 23.2 Å². The molecule has 0 saturated carbocycles. The quantitative estimate of drug-likeness (QED) is 0.653. The zero-order chi connectivity index (χ0) is 18.4. The van der Waals surface area contributed by atoms with E-state index in [0.29, 0.717) is 23.6 Å². The van der Waals surface area contributed by atoms with E-state index in [1.165, 1.54) is 17.0 Å². The van der Waals surface area contributed by atoms with Crippen molar-refractivity contribution in [3.05, 3.63) is 27.7 Å². The van der Waals surface area contributed by atoms with Gasteiger partial charge in [0.1, 0.15) is 17.6 Å². The van der Waals surface area contributed by atoms with E-state index in [1.54, 1.807) is 0 Å². The van der Waals surface area contributed by atoms with E-state index in [4.69, 9.17) is 33.0 Å². The maximum Gasteiger partial charge on any atom is 0.410 e. The van der Waals surface area contributed by atoms with Crippen molar-refractivity contribution in [3.63, 3.8) is 0 Å². The molecule has 0 bridgehead atoms. The number of aliphatic hydroxyl groups is 1. The predicted octanol–water partition coefficient (Wildman–Crippen LogP) is 0.980. The van der Waals surface area contributed by atoms with Crippen LogP contribution in [0.25, 0.3) is 0 Å². The van der Waals surface area contributed by atoms with E-state index >= 15 is 0 Å². The average Bonchev–Trinajstić information content (AvgIpc) is 3.10. The topological polar surface area (TPSA) is 99.1 Å². The van der Waals surface area contributed by atoms with Crippen molar-refractivity contribution in [1.82, 2.24) is 10.2 Å². The van der Waals surface area contributed by atoms with E-state index < -0.39 is 23.8 Å². The molecule has 2 amide bonds. The summed E-state index contributed by atoms with van der Waals surface area (Å²) in [5, 5.41) is 20.9. The maximum atomic E-state index is 12.2. The highest BCUT2D eigenvalue weighted by Crippen LogP contribution is 2.47. The number of benzene rings is 1. The van der Waals surface area contributed by atoms with Crippen molar-refractivity contribution in [1.29, 1.82) is 0 Å². The molecule has 1 aromatic carbocycles. The van der Waals surface area contributed by atoms with Crippen molar-refractivity contribution < 1.29 is 24.5 Å². The molecule has 2 saturated heterocycles. The number of phenolic OH excluding ortho intramolecular Hbond substituents is 1. The van der Waals surface area contributed by atoms with Gasteiger partial charge in [0.25, 0.3) is 0 Å². The number of hydrogen-bond acceptors (Lipinski definition) is 5. The Morgan fingerprint density at radius 3 is 2.88 bits per heavy atom. The Hall–Kier alpha value is -1.48. The van der Waals surface area contributed by atoms with Crippen molar-refractivity contribution in [2.75, 3.05) is 19.7 Å². The van der Waals surface area contributed by atoms with E-state index in [9.17, 15) is 14.7 Å². The first-order valence-corrected chi connectivity index (χ1v) is 8.81. The second-order valence-electron chi connectivity index (χ2n) is 6.09. The number of fused-ring (bicyclic) bond motifs is 1. The number of cyclic esters (lactones) is 1. The smallest absolute Gasteiger partial charge is 0.410 e. The van der Waals surface area contributed by atoms with E-state index in [2.05, 4.69) is 15.6 Å². The van der Waals surface area contributed by atoms with Crippen molar-refractivity contribution in [2.45, 2.75) is 23.6 Å². The van der Waals surface area contributed by atoms with Crippen LogP contribution in [0.2, 0.25) is 10.0 Å². The fourth-order valence-electron chi connectivity index (χ4n) is 3.36. The van der Waals surface area contributed by atoms with Crippen LogP contribution in [0, 0.1) is 0 Å². The van der Waals surface area contributed by atoms with Gasteiger partial charge in [0, 0.05) is 18.0 Å². The lowest BCUT2D eigenvalue weighted by Gasteiger charge is -2.28. The second kappa shape index (κ2) is 6.68. The molecular formula is C15H15Cl2N2O5Si. The number of hydrogen-bond donors (Lipinski definition) is 3. The Bertz CT molecular complexity index is 734. The molecule has 2 fully saturated rings. The van der Waals surface area contributed by atoms with Crippen LogP contribution in [0.3, 0.4) is 0 Å². The van der Waals surface area contributed by atoms with Gasteiger partial charge in [-0.15, -0.1) is 0 Å². The van der Waals surface area contributed by atoms with Gasteiger partial charge in [0.2, 0.25) is 5.91 Å². The highest BCUT2D eigenvalue weighted by atomic mass is 35.5. The number of amides is 2. The number of ether oxygens (including phenoxy) is 1. The Kier molecular flexibility index (Phi) is 4.89. The molecule has 2 aliphatic heterocycles. The molecule has 10 heteroatoms. The van der Waals surface area contributed by atoms with Crippen LogP contribution in [-0.2, 0) is 9.53 Å². The van der Waals surface area contributed by atoms with Crippen LogP contribution in [0.4, 0.5) is 4.79 Å². The molecule has 2 aliphatic rings. The number of nitrogens with one attached hydrogen (secondary N) is 1. The normalized spacial score (nSPS) is 28.0. The molecule has 3 atom stereocenters. The van der Waals surface area contributed by atoms with E-state index in [-0.39, 0.29) is 29.3 Å². The van der Waals surface area contributed by atoms with Crippen LogP contribution in [0.15, 0.2) is 12.1 Å². The zero-order valence-corrected chi connectivity index (χ0v) is 15.5.